The zero-order valence-corrected chi connectivity index (χ0v) is 11.3. The van der Waals surface area contributed by atoms with Crippen molar-refractivity contribution in [2.45, 2.75) is 25.9 Å². The van der Waals surface area contributed by atoms with Crippen molar-refractivity contribution in [3.63, 3.8) is 0 Å². The number of carbonyl (C=O) groups excluding carboxylic acids is 2. The second-order valence-electron chi connectivity index (χ2n) is 4.66. The highest BCUT2D eigenvalue weighted by atomic mass is 16.5. The molecule has 0 spiro atoms. The van der Waals surface area contributed by atoms with Gasteiger partial charge in [0, 0.05) is 27.1 Å². The second-order valence-corrected chi connectivity index (χ2v) is 4.66. The van der Waals surface area contributed by atoms with Gasteiger partial charge >= 0.3 is 5.97 Å². The van der Waals surface area contributed by atoms with E-state index in [0.29, 0.717) is 25.9 Å². The number of likely N-dealkylation sites (tertiary alicyclic amines) is 1. The lowest BCUT2D eigenvalue weighted by atomic mass is 10.1. The Morgan fingerprint density at radius 1 is 1.32 bits per heavy atom. The molecular weight excluding hydrogens is 252 g/mol. The minimum Gasteiger partial charge on any atom is -0.480 e. The third-order valence-electron chi connectivity index (χ3n) is 3.15. The molecule has 7 heteroatoms. The molecule has 19 heavy (non-hydrogen) atoms. The molecule has 1 fully saturated rings. The Morgan fingerprint density at radius 3 is 2.37 bits per heavy atom. The first-order valence-electron chi connectivity index (χ1n) is 6.23. The Bertz CT molecular complexity index is 350. The zero-order chi connectivity index (χ0) is 14.4. The van der Waals surface area contributed by atoms with Crippen molar-refractivity contribution >= 4 is 17.8 Å². The number of nitrogens with zero attached hydrogens (tertiary/aromatic N) is 2. The third-order valence-corrected chi connectivity index (χ3v) is 3.15. The van der Waals surface area contributed by atoms with Crippen LogP contribution in [0.15, 0.2) is 0 Å². The van der Waals surface area contributed by atoms with Gasteiger partial charge < -0.3 is 19.6 Å². The van der Waals surface area contributed by atoms with Crippen LogP contribution in [0.25, 0.3) is 0 Å². The van der Waals surface area contributed by atoms with E-state index in [0.717, 1.165) is 0 Å². The molecule has 1 aliphatic rings. The van der Waals surface area contributed by atoms with Crippen LogP contribution in [-0.4, -0.2) is 72.1 Å². The molecule has 0 bridgehead atoms. The first kappa shape index (κ1) is 15.4. The van der Waals surface area contributed by atoms with Gasteiger partial charge in [-0.05, 0) is 12.8 Å². The highest BCUT2D eigenvalue weighted by Crippen LogP contribution is 2.13. The van der Waals surface area contributed by atoms with Gasteiger partial charge in [0.05, 0.1) is 12.6 Å². The number of hydrogen-bond acceptors (Lipinski definition) is 4. The number of ether oxygens (including phenoxy) is 1. The van der Waals surface area contributed by atoms with Crippen molar-refractivity contribution in [3.05, 3.63) is 0 Å². The zero-order valence-electron chi connectivity index (χ0n) is 11.3. The first-order chi connectivity index (χ1) is 8.90. The molecule has 0 aromatic rings. The van der Waals surface area contributed by atoms with E-state index in [1.165, 1.54) is 11.8 Å². The number of carboxylic acids is 1. The summed E-state index contributed by atoms with van der Waals surface area (Å²) in [5, 5.41) is 8.51. The Labute approximate surface area is 112 Å². The van der Waals surface area contributed by atoms with Crippen LogP contribution in [0.5, 0.6) is 0 Å². The lowest BCUT2D eigenvalue weighted by molar-refractivity contribution is -0.147. The highest BCUT2D eigenvalue weighted by molar-refractivity contribution is 5.83. The number of rotatable bonds is 5. The quantitative estimate of drug-likeness (QED) is 0.733. The van der Waals surface area contributed by atoms with Crippen molar-refractivity contribution in [1.29, 1.82) is 0 Å². The van der Waals surface area contributed by atoms with E-state index in [9.17, 15) is 14.4 Å². The SMILES string of the molecule is CC(=O)N(C)CC(=O)N1CCC(OCC(=O)O)CC1. The summed E-state index contributed by atoms with van der Waals surface area (Å²) in [6, 6.07) is 0. The fourth-order valence-electron chi connectivity index (χ4n) is 1.88. The molecule has 0 aromatic heterocycles. The molecule has 1 heterocycles. The highest BCUT2D eigenvalue weighted by Gasteiger charge is 2.24. The summed E-state index contributed by atoms with van der Waals surface area (Å²) in [7, 11) is 1.59. The molecule has 7 nitrogen and oxygen atoms in total. The molecular formula is C12H20N2O5. The first-order valence-corrected chi connectivity index (χ1v) is 6.23. The van der Waals surface area contributed by atoms with E-state index >= 15 is 0 Å². The summed E-state index contributed by atoms with van der Waals surface area (Å²) in [6.07, 6.45) is 1.15. The number of carboxylic acid groups (broad SMARTS) is 1. The lowest BCUT2D eigenvalue weighted by Gasteiger charge is -2.32. The van der Waals surface area contributed by atoms with Gasteiger partial charge in [0.1, 0.15) is 6.61 Å². The van der Waals surface area contributed by atoms with Gasteiger partial charge in [0.15, 0.2) is 0 Å². The smallest absolute Gasteiger partial charge is 0.329 e. The van der Waals surface area contributed by atoms with Gasteiger partial charge in [-0.3, -0.25) is 9.59 Å². The van der Waals surface area contributed by atoms with Gasteiger partial charge in [0.25, 0.3) is 0 Å². The summed E-state index contributed by atoms with van der Waals surface area (Å²) in [5.41, 5.74) is 0. The standard InChI is InChI=1S/C12H20N2O5/c1-9(15)13(2)7-11(16)14-5-3-10(4-6-14)19-8-12(17)18/h10H,3-8H2,1-2H3,(H,17,18). The maximum Gasteiger partial charge on any atom is 0.329 e. The van der Waals surface area contributed by atoms with Crippen molar-refractivity contribution in [2.24, 2.45) is 0 Å². The minimum atomic E-state index is -0.985. The summed E-state index contributed by atoms with van der Waals surface area (Å²) in [4.78, 5) is 36.3. The van der Waals surface area contributed by atoms with Gasteiger partial charge in [-0.2, -0.15) is 0 Å². The molecule has 1 aliphatic heterocycles. The second kappa shape index (κ2) is 7.08. The molecule has 1 saturated heterocycles. The Kier molecular flexibility index (Phi) is 5.75. The predicted octanol–water partition coefficient (Wildman–Crippen LogP) is -0.443. The van der Waals surface area contributed by atoms with E-state index in [-0.39, 0.29) is 31.1 Å². The van der Waals surface area contributed by atoms with Gasteiger partial charge in [-0.15, -0.1) is 0 Å². The number of hydrogen-bond donors (Lipinski definition) is 1. The molecule has 0 saturated carbocycles. The third kappa shape index (κ3) is 5.25. The van der Waals surface area contributed by atoms with Crippen molar-refractivity contribution in [3.8, 4) is 0 Å². The fraction of sp³-hybridized carbons (Fsp3) is 0.750. The number of piperidine rings is 1. The van der Waals surface area contributed by atoms with Crippen LogP contribution in [0.4, 0.5) is 0 Å². The van der Waals surface area contributed by atoms with Crippen LogP contribution in [0, 0.1) is 0 Å². The summed E-state index contributed by atoms with van der Waals surface area (Å²) >= 11 is 0. The molecule has 1 N–H and O–H groups in total. The van der Waals surface area contributed by atoms with Crippen molar-refractivity contribution in [1.82, 2.24) is 9.80 Å². The van der Waals surface area contributed by atoms with Crippen LogP contribution in [0.3, 0.4) is 0 Å². The fourth-order valence-corrected chi connectivity index (χ4v) is 1.88. The monoisotopic (exact) mass is 272 g/mol. The topological polar surface area (TPSA) is 87.2 Å². The van der Waals surface area contributed by atoms with Crippen LogP contribution in [0.2, 0.25) is 0 Å². The molecule has 0 radical (unpaired) electrons. The molecule has 0 aliphatic carbocycles. The summed E-state index contributed by atoms with van der Waals surface area (Å²) in [5.74, 6) is -1.22. The Hall–Kier alpha value is -1.63. The van der Waals surface area contributed by atoms with Crippen LogP contribution in [0.1, 0.15) is 19.8 Å². The van der Waals surface area contributed by atoms with Gasteiger partial charge in [-0.1, -0.05) is 0 Å². The average Bonchev–Trinajstić information content (AvgIpc) is 2.36. The van der Waals surface area contributed by atoms with E-state index in [2.05, 4.69) is 0 Å². The number of aliphatic carboxylic acids is 1. The molecule has 0 atom stereocenters. The normalized spacial score (nSPS) is 16.2. The summed E-state index contributed by atoms with van der Waals surface area (Å²) < 4.78 is 5.19. The van der Waals surface area contributed by atoms with Crippen LogP contribution in [-0.2, 0) is 19.1 Å². The largest absolute Gasteiger partial charge is 0.480 e. The molecule has 0 unspecified atom stereocenters. The Balaban J connectivity index is 2.31. The van der Waals surface area contributed by atoms with Crippen LogP contribution < -0.4 is 0 Å². The minimum absolute atomic E-state index is 0.0793. The maximum absolute atomic E-state index is 11.9. The number of likely N-dealkylation sites (N-methyl/N-ethyl adjacent to an activating group) is 1. The number of amides is 2. The molecule has 0 aromatic carbocycles. The molecule has 1 rings (SSSR count). The maximum atomic E-state index is 11.9. The summed E-state index contributed by atoms with van der Waals surface area (Å²) in [6.45, 7) is 2.27. The van der Waals surface area contributed by atoms with E-state index < -0.39 is 5.97 Å². The molecule has 108 valence electrons. The van der Waals surface area contributed by atoms with Crippen molar-refractivity contribution < 1.29 is 24.2 Å². The van der Waals surface area contributed by atoms with Gasteiger partial charge in [0.2, 0.25) is 11.8 Å². The Morgan fingerprint density at radius 2 is 1.89 bits per heavy atom. The lowest BCUT2D eigenvalue weighted by Crippen LogP contribution is -2.45. The van der Waals surface area contributed by atoms with E-state index in [4.69, 9.17) is 9.84 Å². The average molecular weight is 272 g/mol. The van der Waals surface area contributed by atoms with Gasteiger partial charge in [-0.25, -0.2) is 4.79 Å². The molecule has 2 amide bonds. The van der Waals surface area contributed by atoms with Crippen LogP contribution >= 0.6 is 0 Å². The van der Waals surface area contributed by atoms with E-state index in [1.807, 2.05) is 0 Å². The van der Waals surface area contributed by atoms with E-state index in [1.54, 1.807) is 11.9 Å². The predicted molar refractivity (Wildman–Crippen MR) is 66.5 cm³/mol. The number of carbonyl (C=O) groups is 3. The van der Waals surface area contributed by atoms with Crippen molar-refractivity contribution in [2.75, 3.05) is 33.3 Å².